The van der Waals surface area contributed by atoms with Crippen LogP contribution in [-0.4, -0.2) is 27.3 Å². The Bertz CT molecular complexity index is 479. The smallest absolute Gasteiger partial charge is 0.178 e. The fourth-order valence-electron chi connectivity index (χ4n) is 2.10. The lowest BCUT2D eigenvalue weighted by atomic mass is 9.90. The third kappa shape index (κ3) is 4.30. The van der Waals surface area contributed by atoms with Crippen LogP contribution < -0.4 is 11.5 Å². The molecule has 0 radical (unpaired) electrons. The molecule has 5 heteroatoms. The van der Waals surface area contributed by atoms with Crippen LogP contribution in [0.25, 0.3) is 0 Å². The number of hydrogen-bond acceptors (Lipinski definition) is 4. The summed E-state index contributed by atoms with van der Waals surface area (Å²) in [5.74, 6) is 0.772. The molecule has 0 fully saturated rings. The van der Waals surface area contributed by atoms with Gasteiger partial charge in [0.15, 0.2) is 9.84 Å². The van der Waals surface area contributed by atoms with Crippen LogP contribution in [-0.2, 0) is 9.84 Å². The molecular weight excluding hydrogens is 260 g/mol. The standard InChI is InChI=1S/C14H24N2O2S/c1-3-19(17,18)14-6-4-13(5-7-14)11(2)8-12(9-15)10-16/h4-7,11-12H,3,8-10,15-16H2,1-2H3. The molecule has 1 aromatic carbocycles. The van der Waals surface area contributed by atoms with Gasteiger partial charge in [-0.2, -0.15) is 0 Å². The van der Waals surface area contributed by atoms with Crippen LogP contribution in [0.3, 0.4) is 0 Å². The van der Waals surface area contributed by atoms with E-state index in [0.717, 1.165) is 12.0 Å². The Hall–Kier alpha value is -0.910. The maximum absolute atomic E-state index is 11.7. The van der Waals surface area contributed by atoms with Gasteiger partial charge in [-0.1, -0.05) is 26.0 Å². The first-order valence-electron chi connectivity index (χ1n) is 6.67. The predicted octanol–water partition coefficient (Wildman–Crippen LogP) is 1.51. The zero-order valence-electron chi connectivity index (χ0n) is 11.7. The summed E-state index contributed by atoms with van der Waals surface area (Å²) in [4.78, 5) is 0.389. The average molecular weight is 284 g/mol. The highest BCUT2D eigenvalue weighted by Gasteiger charge is 2.14. The maximum Gasteiger partial charge on any atom is 0.178 e. The molecule has 0 amide bonds. The number of benzene rings is 1. The molecule has 1 aromatic rings. The first-order chi connectivity index (χ1) is 8.94. The minimum absolute atomic E-state index is 0.129. The Morgan fingerprint density at radius 1 is 1.11 bits per heavy atom. The lowest BCUT2D eigenvalue weighted by Crippen LogP contribution is -2.24. The number of nitrogens with two attached hydrogens (primary N) is 2. The van der Waals surface area contributed by atoms with E-state index in [1.54, 1.807) is 19.1 Å². The van der Waals surface area contributed by atoms with Crippen molar-refractivity contribution in [1.82, 2.24) is 0 Å². The summed E-state index contributed by atoms with van der Waals surface area (Å²) in [5, 5.41) is 0. The van der Waals surface area contributed by atoms with E-state index in [1.807, 2.05) is 12.1 Å². The van der Waals surface area contributed by atoms with E-state index in [9.17, 15) is 8.42 Å². The number of sulfone groups is 1. The average Bonchev–Trinajstić information content (AvgIpc) is 2.44. The lowest BCUT2D eigenvalue weighted by molar-refractivity contribution is 0.465. The molecule has 4 N–H and O–H groups in total. The van der Waals surface area contributed by atoms with Crippen LogP contribution in [0.15, 0.2) is 29.2 Å². The van der Waals surface area contributed by atoms with Gasteiger partial charge in [0.2, 0.25) is 0 Å². The highest BCUT2D eigenvalue weighted by atomic mass is 32.2. The summed E-state index contributed by atoms with van der Waals surface area (Å²) in [5.41, 5.74) is 12.4. The molecule has 108 valence electrons. The first-order valence-corrected chi connectivity index (χ1v) is 8.32. The van der Waals surface area contributed by atoms with Crippen LogP contribution in [0.2, 0.25) is 0 Å². The number of rotatable bonds is 7. The van der Waals surface area contributed by atoms with Crippen molar-refractivity contribution in [2.75, 3.05) is 18.8 Å². The van der Waals surface area contributed by atoms with Crippen LogP contribution in [0.5, 0.6) is 0 Å². The van der Waals surface area contributed by atoms with Gasteiger partial charge in [-0.05, 0) is 49.0 Å². The van der Waals surface area contributed by atoms with E-state index in [4.69, 9.17) is 11.5 Å². The molecule has 19 heavy (non-hydrogen) atoms. The normalized spacial score (nSPS) is 13.7. The van der Waals surface area contributed by atoms with Crippen molar-refractivity contribution in [2.45, 2.75) is 31.1 Å². The second-order valence-corrected chi connectivity index (χ2v) is 7.22. The second kappa shape index (κ2) is 7.03. The fourth-order valence-corrected chi connectivity index (χ4v) is 2.98. The summed E-state index contributed by atoms with van der Waals surface area (Å²) in [6, 6.07) is 7.14. The molecule has 0 aromatic heterocycles. The molecule has 0 aliphatic rings. The van der Waals surface area contributed by atoms with Crippen molar-refractivity contribution in [1.29, 1.82) is 0 Å². The zero-order valence-corrected chi connectivity index (χ0v) is 12.5. The van der Waals surface area contributed by atoms with Gasteiger partial charge >= 0.3 is 0 Å². The molecule has 0 heterocycles. The lowest BCUT2D eigenvalue weighted by Gasteiger charge is -2.18. The third-order valence-electron chi connectivity index (χ3n) is 3.54. The first kappa shape index (κ1) is 16.1. The molecule has 0 aliphatic carbocycles. The van der Waals surface area contributed by atoms with Gasteiger partial charge in [0.1, 0.15) is 0 Å². The molecule has 0 spiro atoms. The molecule has 1 unspecified atom stereocenters. The summed E-state index contributed by atoms with van der Waals surface area (Å²) < 4.78 is 23.4. The number of hydrogen-bond donors (Lipinski definition) is 2. The summed E-state index contributed by atoms with van der Waals surface area (Å²) in [6.07, 6.45) is 0.923. The van der Waals surface area contributed by atoms with Gasteiger partial charge in [-0.25, -0.2) is 8.42 Å². The van der Waals surface area contributed by atoms with Crippen LogP contribution in [0.4, 0.5) is 0 Å². The van der Waals surface area contributed by atoms with E-state index >= 15 is 0 Å². The Morgan fingerprint density at radius 2 is 1.63 bits per heavy atom. The fraction of sp³-hybridized carbons (Fsp3) is 0.571. The summed E-state index contributed by atoms with van der Waals surface area (Å²) >= 11 is 0. The molecule has 4 nitrogen and oxygen atoms in total. The zero-order chi connectivity index (χ0) is 14.5. The van der Waals surface area contributed by atoms with Crippen molar-refractivity contribution < 1.29 is 8.42 Å². The third-order valence-corrected chi connectivity index (χ3v) is 5.29. The largest absolute Gasteiger partial charge is 0.330 e. The van der Waals surface area contributed by atoms with E-state index in [0.29, 0.717) is 29.8 Å². The molecule has 1 atom stereocenters. The van der Waals surface area contributed by atoms with Crippen molar-refractivity contribution in [3.05, 3.63) is 29.8 Å². The van der Waals surface area contributed by atoms with E-state index in [1.165, 1.54) is 0 Å². The van der Waals surface area contributed by atoms with Crippen molar-refractivity contribution in [3.63, 3.8) is 0 Å². The van der Waals surface area contributed by atoms with Gasteiger partial charge in [0.25, 0.3) is 0 Å². The Kier molecular flexibility index (Phi) is 5.97. The topological polar surface area (TPSA) is 86.2 Å². The van der Waals surface area contributed by atoms with Crippen molar-refractivity contribution >= 4 is 9.84 Å². The van der Waals surface area contributed by atoms with Gasteiger partial charge < -0.3 is 11.5 Å². The van der Waals surface area contributed by atoms with Crippen molar-refractivity contribution in [3.8, 4) is 0 Å². The molecule has 1 rings (SSSR count). The minimum Gasteiger partial charge on any atom is -0.330 e. The highest BCUT2D eigenvalue weighted by molar-refractivity contribution is 7.91. The van der Waals surface area contributed by atoms with E-state index in [2.05, 4.69) is 6.92 Å². The van der Waals surface area contributed by atoms with Crippen LogP contribution in [0.1, 0.15) is 31.7 Å². The van der Waals surface area contributed by atoms with Gasteiger partial charge in [0.05, 0.1) is 10.6 Å². The second-order valence-electron chi connectivity index (χ2n) is 4.95. The van der Waals surface area contributed by atoms with E-state index in [-0.39, 0.29) is 5.75 Å². The SMILES string of the molecule is CCS(=O)(=O)c1ccc(C(C)CC(CN)CN)cc1. The van der Waals surface area contributed by atoms with E-state index < -0.39 is 9.84 Å². The quantitative estimate of drug-likeness (QED) is 0.794. The molecular formula is C14H24N2O2S. The Balaban J connectivity index is 2.81. The Morgan fingerprint density at radius 3 is 2.05 bits per heavy atom. The summed E-state index contributed by atoms with van der Waals surface area (Å²) in [6.45, 7) is 4.94. The van der Waals surface area contributed by atoms with Gasteiger partial charge in [0, 0.05) is 0 Å². The molecule has 0 aliphatic heterocycles. The highest BCUT2D eigenvalue weighted by Crippen LogP contribution is 2.24. The van der Waals surface area contributed by atoms with Crippen LogP contribution in [0, 0.1) is 5.92 Å². The maximum atomic E-state index is 11.7. The molecule has 0 saturated heterocycles. The summed E-state index contributed by atoms with van der Waals surface area (Å²) in [7, 11) is -3.11. The molecule has 0 bridgehead atoms. The molecule has 0 saturated carbocycles. The minimum atomic E-state index is -3.11. The predicted molar refractivity (Wildman–Crippen MR) is 78.8 cm³/mol. The Labute approximate surface area is 116 Å². The van der Waals surface area contributed by atoms with Gasteiger partial charge in [-0.15, -0.1) is 0 Å². The van der Waals surface area contributed by atoms with Gasteiger partial charge in [-0.3, -0.25) is 0 Å². The van der Waals surface area contributed by atoms with Crippen LogP contribution >= 0.6 is 0 Å². The van der Waals surface area contributed by atoms with Crippen molar-refractivity contribution in [2.24, 2.45) is 17.4 Å². The monoisotopic (exact) mass is 284 g/mol.